The Hall–Kier alpha value is -3.81. The number of nitrogens with zero attached hydrogens (tertiary/aromatic N) is 4. The summed E-state index contributed by atoms with van der Waals surface area (Å²) in [7, 11) is 0. The van der Waals surface area contributed by atoms with Crippen molar-refractivity contribution in [3.8, 4) is 5.88 Å². The van der Waals surface area contributed by atoms with Crippen molar-refractivity contribution in [3.05, 3.63) is 78.2 Å². The van der Waals surface area contributed by atoms with Gasteiger partial charge < -0.3 is 15.8 Å². The summed E-state index contributed by atoms with van der Waals surface area (Å²) in [4.78, 5) is 29.2. The first kappa shape index (κ1) is 20.9. The molecule has 0 saturated heterocycles. The molecule has 0 bridgehead atoms. The maximum Gasteiger partial charge on any atom is 0.232 e. The van der Waals surface area contributed by atoms with Crippen molar-refractivity contribution >= 4 is 17.3 Å². The van der Waals surface area contributed by atoms with Gasteiger partial charge in [0, 0.05) is 18.8 Å². The lowest BCUT2D eigenvalue weighted by atomic mass is 10.1. The van der Waals surface area contributed by atoms with E-state index in [0.29, 0.717) is 30.5 Å². The molecule has 8 nitrogen and oxygen atoms in total. The zero-order valence-electron chi connectivity index (χ0n) is 16.8. The van der Waals surface area contributed by atoms with Gasteiger partial charge in [0.15, 0.2) is 5.78 Å². The first-order valence-corrected chi connectivity index (χ1v) is 9.67. The minimum atomic E-state index is -0.124. The zero-order chi connectivity index (χ0) is 21.2. The van der Waals surface area contributed by atoms with Crippen molar-refractivity contribution in [1.82, 2.24) is 19.9 Å². The Morgan fingerprint density at radius 2 is 2.03 bits per heavy atom. The summed E-state index contributed by atoms with van der Waals surface area (Å²) in [5.41, 5.74) is 8.50. The summed E-state index contributed by atoms with van der Waals surface area (Å²) in [6.07, 6.45) is 11.3. The molecule has 30 heavy (non-hydrogen) atoms. The van der Waals surface area contributed by atoms with Crippen LogP contribution in [0.15, 0.2) is 61.2 Å². The van der Waals surface area contributed by atoms with Gasteiger partial charge in [-0.15, -0.1) is 0 Å². The second kappa shape index (κ2) is 10.7. The van der Waals surface area contributed by atoms with Crippen LogP contribution in [0.5, 0.6) is 5.88 Å². The molecule has 3 rings (SSSR count). The number of hydrogen-bond acceptors (Lipinski definition) is 8. The summed E-state index contributed by atoms with van der Waals surface area (Å²) in [5, 5.41) is 3.20. The zero-order valence-corrected chi connectivity index (χ0v) is 16.8. The summed E-state index contributed by atoms with van der Waals surface area (Å²) in [6, 6.07) is 7.34. The van der Waals surface area contributed by atoms with E-state index < -0.39 is 0 Å². The molecule has 0 aliphatic rings. The van der Waals surface area contributed by atoms with Crippen LogP contribution >= 0.6 is 0 Å². The SMILES string of the molecule is CC/C=C\COc1cnc(C(=O)Cc2ccnc(CNc3cccnc3N)c2)cn1. The Morgan fingerprint density at radius 3 is 2.80 bits per heavy atom. The maximum atomic E-state index is 12.5. The van der Waals surface area contributed by atoms with Crippen molar-refractivity contribution < 1.29 is 9.53 Å². The molecule has 3 N–H and O–H groups in total. The fourth-order valence-electron chi connectivity index (χ4n) is 2.67. The van der Waals surface area contributed by atoms with Crippen LogP contribution in [0.2, 0.25) is 0 Å². The molecule has 0 aliphatic heterocycles. The maximum absolute atomic E-state index is 12.5. The van der Waals surface area contributed by atoms with Crippen molar-refractivity contribution in [1.29, 1.82) is 0 Å². The number of carbonyl (C=O) groups excluding carboxylic acids is 1. The highest BCUT2D eigenvalue weighted by Crippen LogP contribution is 2.15. The van der Waals surface area contributed by atoms with Gasteiger partial charge in [-0.3, -0.25) is 9.78 Å². The van der Waals surface area contributed by atoms with E-state index in [1.807, 2.05) is 30.4 Å². The van der Waals surface area contributed by atoms with Gasteiger partial charge in [-0.1, -0.05) is 19.1 Å². The Kier molecular flexibility index (Phi) is 7.43. The average Bonchev–Trinajstić information content (AvgIpc) is 2.77. The van der Waals surface area contributed by atoms with E-state index in [2.05, 4.69) is 32.2 Å². The molecular formula is C22H24N6O2. The fraction of sp³-hybridized carbons (Fsp3) is 0.227. The van der Waals surface area contributed by atoms with Crippen LogP contribution < -0.4 is 15.8 Å². The second-order valence-corrected chi connectivity index (χ2v) is 6.48. The Bertz CT molecular complexity index is 1000. The van der Waals surface area contributed by atoms with Crippen LogP contribution in [0.3, 0.4) is 0 Å². The molecule has 0 amide bonds. The van der Waals surface area contributed by atoms with Crippen LogP contribution in [-0.4, -0.2) is 32.3 Å². The minimum absolute atomic E-state index is 0.124. The smallest absolute Gasteiger partial charge is 0.232 e. The third kappa shape index (κ3) is 6.10. The molecule has 3 aromatic heterocycles. The second-order valence-electron chi connectivity index (χ2n) is 6.48. The van der Waals surface area contributed by atoms with Crippen molar-refractivity contribution in [2.24, 2.45) is 0 Å². The lowest BCUT2D eigenvalue weighted by molar-refractivity contribution is 0.0987. The summed E-state index contributed by atoms with van der Waals surface area (Å²) in [6.45, 7) is 2.94. The van der Waals surface area contributed by atoms with E-state index >= 15 is 0 Å². The molecule has 154 valence electrons. The molecule has 3 heterocycles. The third-order valence-corrected chi connectivity index (χ3v) is 4.19. The molecule has 0 radical (unpaired) electrons. The van der Waals surface area contributed by atoms with Gasteiger partial charge in [-0.25, -0.2) is 15.0 Å². The number of Topliss-reactive ketones (excluding diaryl/α,β-unsaturated/α-hetero) is 1. The van der Waals surface area contributed by atoms with Crippen molar-refractivity contribution in [2.75, 3.05) is 17.7 Å². The minimum Gasteiger partial charge on any atom is -0.472 e. The number of nitrogens with two attached hydrogens (primary N) is 1. The van der Waals surface area contributed by atoms with Crippen LogP contribution in [0.25, 0.3) is 0 Å². The number of nitrogens with one attached hydrogen (secondary N) is 1. The predicted octanol–water partition coefficient (Wildman–Crippen LogP) is 3.23. The van der Waals surface area contributed by atoms with E-state index in [9.17, 15) is 4.79 Å². The quantitative estimate of drug-likeness (QED) is 0.391. The van der Waals surface area contributed by atoms with Crippen LogP contribution in [0.4, 0.5) is 11.5 Å². The monoisotopic (exact) mass is 404 g/mol. The van der Waals surface area contributed by atoms with Gasteiger partial charge in [0.1, 0.15) is 18.1 Å². The van der Waals surface area contributed by atoms with Gasteiger partial charge in [-0.2, -0.15) is 0 Å². The van der Waals surface area contributed by atoms with Gasteiger partial charge in [0.2, 0.25) is 5.88 Å². The molecule has 0 aliphatic carbocycles. The molecule has 8 heteroatoms. The highest BCUT2D eigenvalue weighted by molar-refractivity contribution is 5.95. The molecule has 0 fully saturated rings. The van der Waals surface area contributed by atoms with E-state index in [1.165, 1.54) is 12.4 Å². The number of ether oxygens (including phenoxy) is 1. The van der Waals surface area contributed by atoms with Crippen LogP contribution in [0, 0.1) is 0 Å². The van der Waals surface area contributed by atoms with Crippen LogP contribution in [0.1, 0.15) is 35.1 Å². The third-order valence-electron chi connectivity index (χ3n) is 4.19. The van der Waals surface area contributed by atoms with Crippen LogP contribution in [-0.2, 0) is 13.0 Å². The number of nitrogen functional groups attached to an aromatic ring is 1. The number of anilines is 2. The van der Waals surface area contributed by atoms with E-state index in [0.717, 1.165) is 23.4 Å². The highest BCUT2D eigenvalue weighted by Gasteiger charge is 2.11. The number of pyridine rings is 2. The molecule has 0 aromatic carbocycles. The van der Waals surface area contributed by atoms with Gasteiger partial charge in [0.05, 0.1) is 30.3 Å². The number of rotatable bonds is 10. The highest BCUT2D eigenvalue weighted by atomic mass is 16.5. The molecular weight excluding hydrogens is 380 g/mol. The largest absolute Gasteiger partial charge is 0.472 e. The first-order valence-electron chi connectivity index (χ1n) is 9.67. The van der Waals surface area contributed by atoms with E-state index in [4.69, 9.17) is 10.5 Å². The Balaban J connectivity index is 1.56. The predicted molar refractivity (Wildman–Crippen MR) is 115 cm³/mol. The number of ketones is 1. The summed E-state index contributed by atoms with van der Waals surface area (Å²) >= 11 is 0. The standard InChI is InChI=1S/C22H24N6O2/c1-2-3-4-10-30-21-15-27-19(14-28-21)20(29)12-16-7-9-24-17(11-16)13-26-18-6-5-8-25-22(18)23/h3-9,11,14-15,26H,2,10,12-13H2,1H3,(H2,23,25)/b4-3-. The lowest BCUT2D eigenvalue weighted by Gasteiger charge is -2.09. The normalized spacial score (nSPS) is 10.8. The van der Waals surface area contributed by atoms with Gasteiger partial charge >= 0.3 is 0 Å². The van der Waals surface area contributed by atoms with Gasteiger partial charge in [-0.05, 0) is 36.2 Å². The van der Waals surface area contributed by atoms with Crippen molar-refractivity contribution in [3.63, 3.8) is 0 Å². The van der Waals surface area contributed by atoms with Crippen molar-refractivity contribution in [2.45, 2.75) is 26.3 Å². The first-order chi connectivity index (χ1) is 14.7. The fourth-order valence-corrected chi connectivity index (χ4v) is 2.67. The molecule has 0 saturated carbocycles. The number of allylic oxidation sites excluding steroid dienone is 1. The number of hydrogen-bond donors (Lipinski definition) is 2. The lowest BCUT2D eigenvalue weighted by Crippen LogP contribution is -2.09. The molecule has 0 atom stereocenters. The number of aromatic nitrogens is 4. The average molecular weight is 404 g/mol. The van der Waals surface area contributed by atoms with E-state index in [1.54, 1.807) is 18.5 Å². The molecule has 3 aromatic rings. The topological polar surface area (TPSA) is 116 Å². The summed E-state index contributed by atoms with van der Waals surface area (Å²) < 4.78 is 5.45. The molecule has 0 unspecified atom stereocenters. The Morgan fingerprint density at radius 1 is 1.13 bits per heavy atom. The molecule has 0 spiro atoms. The van der Waals surface area contributed by atoms with E-state index in [-0.39, 0.29) is 12.2 Å². The summed E-state index contributed by atoms with van der Waals surface area (Å²) in [5.74, 6) is 0.692. The number of carbonyl (C=O) groups is 1. The Labute approximate surface area is 175 Å². The van der Waals surface area contributed by atoms with Gasteiger partial charge in [0.25, 0.3) is 0 Å².